The van der Waals surface area contributed by atoms with Crippen molar-refractivity contribution in [2.45, 2.75) is 24.8 Å². The van der Waals surface area contributed by atoms with Gasteiger partial charge in [-0.2, -0.15) is 0 Å². The first-order chi connectivity index (χ1) is 9.11. The maximum absolute atomic E-state index is 5.78. The molecular formula is C14H18BrN3O. The Labute approximate surface area is 121 Å². The molecule has 0 atom stereocenters. The van der Waals surface area contributed by atoms with Gasteiger partial charge in [-0.25, -0.2) is 4.98 Å². The highest BCUT2D eigenvalue weighted by Crippen LogP contribution is 2.28. The smallest absolute Gasteiger partial charge is 0.152 e. The zero-order valence-electron chi connectivity index (χ0n) is 11.3. The highest BCUT2D eigenvalue weighted by atomic mass is 79.9. The van der Waals surface area contributed by atoms with Crippen molar-refractivity contribution >= 4 is 27.4 Å². The first-order valence-corrected chi connectivity index (χ1v) is 7.64. The fourth-order valence-corrected chi connectivity index (χ4v) is 3.13. The Kier molecular flexibility index (Phi) is 3.27. The zero-order valence-corrected chi connectivity index (χ0v) is 12.9. The average Bonchev–Trinajstić information content (AvgIpc) is 2.76. The van der Waals surface area contributed by atoms with E-state index in [1.165, 1.54) is 5.69 Å². The summed E-state index contributed by atoms with van der Waals surface area (Å²) in [6, 6.07) is 6.10. The van der Waals surface area contributed by atoms with Crippen LogP contribution in [-0.4, -0.2) is 34.7 Å². The lowest BCUT2D eigenvalue weighted by Crippen LogP contribution is -2.48. The summed E-state index contributed by atoms with van der Waals surface area (Å²) in [5, 5.41) is 0.797. The molecule has 0 bridgehead atoms. The predicted molar refractivity (Wildman–Crippen MR) is 80.1 cm³/mol. The quantitative estimate of drug-likeness (QED) is 0.796. The number of fused-ring (bicyclic) bond motifs is 1. The summed E-state index contributed by atoms with van der Waals surface area (Å²) in [5.41, 5.74) is 2.09. The van der Waals surface area contributed by atoms with Crippen LogP contribution >= 0.6 is 15.9 Å². The second-order valence-corrected chi connectivity index (χ2v) is 6.04. The second-order valence-electron chi connectivity index (χ2n) is 5.47. The van der Waals surface area contributed by atoms with Gasteiger partial charge in [0.05, 0.1) is 17.9 Å². The van der Waals surface area contributed by atoms with Crippen LogP contribution in [-0.2, 0) is 10.1 Å². The fraction of sp³-hybridized carbons (Fsp3) is 0.500. The number of alkyl halides is 1. The topological polar surface area (TPSA) is 29.8 Å². The Morgan fingerprint density at radius 2 is 2.26 bits per heavy atom. The van der Waals surface area contributed by atoms with Gasteiger partial charge in [0.25, 0.3) is 0 Å². The molecule has 3 rings (SSSR count). The van der Waals surface area contributed by atoms with Crippen LogP contribution < -0.4 is 4.90 Å². The number of ether oxygens (including phenoxy) is 1. The Balaban J connectivity index is 2.04. The number of anilines is 1. The van der Waals surface area contributed by atoms with E-state index in [2.05, 4.69) is 45.3 Å². The fourth-order valence-electron chi connectivity index (χ4n) is 2.61. The maximum Gasteiger partial charge on any atom is 0.152 e. The first-order valence-electron chi connectivity index (χ1n) is 6.51. The van der Waals surface area contributed by atoms with Gasteiger partial charge in [-0.05, 0) is 26.0 Å². The highest BCUT2D eigenvalue weighted by molar-refractivity contribution is 9.08. The van der Waals surface area contributed by atoms with Crippen LogP contribution in [0.4, 0.5) is 5.82 Å². The lowest BCUT2D eigenvalue weighted by molar-refractivity contribution is -0.0279. The molecule has 1 aliphatic heterocycles. The number of rotatable bonds is 2. The van der Waals surface area contributed by atoms with Gasteiger partial charge in [0.15, 0.2) is 5.82 Å². The van der Waals surface area contributed by atoms with Crippen molar-refractivity contribution in [3.63, 3.8) is 0 Å². The van der Waals surface area contributed by atoms with E-state index in [-0.39, 0.29) is 5.60 Å². The molecule has 0 amide bonds. The molecule has 1 aliphatic rings. The molecule has 0 unspecified atom stereocenters. The van der Waals surface area contributed by atoms with Crippen molar-refractivity contribution in [3.05, 3.63) is 30.1 Å². The van der Waals surface area contributed by atoms with Crippen molar-refractivity contribution in [3.8, 4) is 0 Å². The summed E-state index contributed by atoms with van der Waals surface area (Å²) in [6.07, 6.45) is 2.06. The highest BCUT2D eigenvalue weighted by Gasteiger charge is 2.30. The molecule has 3 heterocycles. The van der Waals surface area contributed by atoms with E-state index in [4.69, 9.17) is 9.72 Å². The van der Waals surface area contributed by atoms with Crippen LogP contribution in [0.5, 0.6) is 0 Å². The van der Waals surface area contributed by atoms with Gasteiger partial charge in [-0.15, -0.1) is 0 Å². The Morgan fingerprint density at radius 1 is 1.42 bits per heavy atom. The molecule has 0 aliphatic carbocycles. The largest absolute Gasteiger partial charge is 0.372 e. The van der Waals surface area contributed by atoms with Crippen LogP contribution in [0.3, 0.4) is 0 Å². The standard InChI is InChI=1S/C14H18BrN3O/c1-14(2)10-17(7-8-19-14)13-11(9-15)18-6-4-3-5-12(18)16-13/h3-6H,7-10H2,1-2H3. The van der Waals surface area contributed by atoms with Gasteiger partial charge in [0, 0.05) is 24.6 Å². The van der Waals surface area contributed by atoms with Crippen LogP contribution in [0.1, 0.15) is 19.5 Å². The molecule has 0 aromatic carbocycles. The van der Waals surface area contributed by atoms with Crippen molar-refractivity contribution in [1.29, 1.82) is 0 Å². The van der Waals surface area contributed by atoms with Crippen molar-refractivity contribution in [1.82, 2.24) is 9.38 Å². The molecule has 1 saturated heterocycles. The Hall–Kier alpha value is -1.07. The predicted octanol–water partition coefficient (Wildman–Crippen LogP) is 2.84. The Bertz CT molecular complexity index is 593. The van der Waals surface area contributed by atoms with Gasteiger partial charge in [-0.3, -0.25) is 0 Å². The first kappa shape index (κ1) is 12.9. The molecule has 0 N–H and O–H groups in total. The molecule has 2 aromatic heterocycles. The molecular weight excluding hydrogens is 306 g/mol. The summed E-state index contributed by atoms with van der Waals surface area (Å²) >= 11 is 3.59. The van der Waals surface area contributed by atoms with E-state index in [1.807, 2.05) is 18.2 Å². The summed E-state index contributed by atoms with van der Waals surface area (Å²) in [7, 11) is 0. The van der Waals surface area contributed by atoms with Gasteiger partial charge in [-0.1, -0.05) is 22.0 Å². The molecule has 1 fully saturated rings. The molecule has 5 heteroatoms. The number of morpholine rings is 1. The molecule has 102 valence electrons. The number of halogens is 1. The SMILES string of the molecule is CC1(C)CN(c2nc3ccccn3c2CBr)CCO1. The normalized spacial score (nSPS) is 19.0. The van der Waals surface area contributed by atoms with E-state index < -0.39 is 0 Å². The minimum absolute atomic E-state index is 0.113. The van der Waals surface area contributed by atoms with Gasteiger partial charge >= 0.3 is 0 Å². The average molecular weight is 324 g/mol. The zero-order chi connectivity index (χ0) is 13.5. The van der Waals surface area contributed by atoms with E-state index >= 15 is 0 Å². The van der Waals surface area contributed by atoms with Crippen LogP contribution in [0.25, 0.3) is 5.65 Å². The third kappa shape index (κ3) is 2.37. The van der Waals surface area contributed by atoms with E-state index in [0.717, 1.165) is 36.5 Å². The second kappa shape index (κ2) is 4.80. The van der Waals surface area contributed by atoms with Crippen LogP contribution in [0.2, 0.25) is 0 Å². The third-order valence-corrected chi connectivity index (χ3v) is 3.99. The van der Waals surface area contributed by atoms with Gasteiger partial charge in [0.1, 0.15) is 5.65 Å². The summed E-state index contributed by atoms with van der Waals surface area (Å²) in [4.78, 5) is 7.10. The lowest BCUT2D eigenvalue weighted by atomic mass is 10.1. The lowest BCUT2D eigenvalue weighted by Gasteiger charge is -2.38. The van der Waals surface area contributed by atoms with Gasteiger partial charge < -0.3 is 14.0 Å². The number of hydrogen-bond donors (Lipinski definition) is 0. The van der Waals surface area contributed by atoms with E-state index in [0.29, 0.717) is 0 Å². The van der Waals surface area contributed by atoms with E-state index in [9.17, 15) is 0 Å². The number of aromatic nitrogens is 2. The maximum atomic E-state index is 5.78. The van der Waals surface area contributed by atoms with Crippen molar-refractivity contribution in [2.24, 2.45) is 0 Å². The Morgan fingerprint density at radius 3 is 3.00 bits per heavy atom. The third-order valence-electron chi connectivity index (χ3n) is 3.46. The van der Waals surface area contributed by atoms with Gasteiger partial charge in [0.2, 0.25) is 0 Å². The van der Waals surface area contributed by atoms with Crippen molar-refractivity contribution < 1.29 is 4.74 Å². The number of imidazole rings is 1. The van der Waals surface area contributed by atoms with Crippen LogP contribution in [0, 0.1) is 0 Å². The van der Waals surface area contributed by atoms with Crippen LogP contribution in [0.15, 0.2) is 24.4 Å². The summed E-state index contributed by atoms with van der Waals surface area (Å²) in [6.45, 7) is 6.78. The monoisotopic (exact) mass is 323 g/mol. The minimum atomic E-state index is -0.113. The molecule has 0 saturated carbocycles. The summed E-state index contributed by atoms with van der Waals surface area (Å²) in [5.74, 6) is 1.07. The molecule has 2 aromatic rings. The molecule has 4 nitrogen and oxygen atoms in total. The number of nitrogens with zero attached hydrogens (tertiary/aromatic N) is 3. The number of hydrogen-bond acceptors (Lipinski definition) is 3. The molecule has 0 radical (unpaired) electrons. The number of pyridine rings is 1. The molecule has 19 heavy (non-hydrogen) atoms. The summed E-state index contributed by atoms with van der Waals surface area (Å²) < 4.78 is 7.92. The van der Waals surface area contributed by atoms with E-state index in [1.54, 1.807) is 0 Å². The minimum Gasteiger partial charge on any atom is -0.372 e. The molecule has 0 spiro atoms. The van der Waals surface area contributed by atoms with Crippen molar-refractivity contribution in [2.75, 3.05) is 24.6 Å².